The normalized spacial score (nSPS) is 23.4. The Labute approximate surface area is 233 Å². The molecule has 3 unspecified atom stereocenters. The number of Topliss-reactive ketones (excluding diaryl/α,β-unsaturated/α-hetero) is 2. The molecule has 1 N–H and O–H groups in total. The smallest absolute Gasteiger partial charge is 0.174 e. The van der Waals surface area contributed by atoms with Gasteiger partial charge < -0.3 is 10.1 Å². The van der Waals surface area contributed by atoms with Crippen LogP contribution in [0.2, 0.25) is 0 Å². The molecule has 0 radical (unpaired) electrons. The monoisotopic (exact) mass is 523 g/mol. The largest absolute Gasteiger partial charge is 0.486 e. The predicted octanol–water partition coefficient (Wildman–Crippen LogP) is 6.62. The van der Waals surface area contributed by atoms with Crippen molar-refractivity contribution in [2.45, 2.75) is 83.2 Å². The van der Waals surface area contributed by atoms with Crippen molar-refractivity contribution in [1.82, 2.24) is 5.32 Å². The molecular formula is C35H41NO3. The average molecular weight is 524 g/mol. The molecule has 1 saturated heterocycles. The van der Waals surface area contributed by atoms with Crippen LogP contribution in [0.25, 0.3) is 0 Å². The summed E-state index contributed by atoms with van der Waals surface area (Å²) in [5, 5.41) is 3.53. The molecule has 1 aliphatic carbocycles. The van der Waals surface area contributed by atoms with Gasteiger partial charge in [-0.15, -0.1) is 0 Å². The second kappa shape index (κ2) is 12.7. The topological polar surface area (TPSA) is 55.4 Å². The molecule has 0 bridgehead atoms. The van der Waals surface area contributed by atoms with Gasteiger partial charge in [-0.05, 0) is 85.4 Å². The number of ketones is 2. The number of carbonyl (C=O) groups is 2. The van der Waals surface area contributed by atoms with Crippen molar-refractivity contribution >= 4 is 11.6 Å². The molecule has 1 aliphatic heterocycles. The Hall–Kier alpha value is -3.24. The summed E-state index contributed by atoms with van der Waals surface area (Å²) < 4.78 is 6.12. The van der Waals surface area contributed by atoms with Crippen molar-refractivity contribution in [3.05, 3.63) is 101 Å². The lowest BCUT2D eigenvalue weighted by atomic mass is 9.86. The Morgan fingerprint density at radius 1 is 0.897 bits per heavy atom. The van der Waals surface area contributed by atoms with Crippen LogP contribution in [0.15, 0.2) is 72.8 Å². The molecule has 39 heavy (non-hydrogen) atoms. The fraction of sp³-hybridized carbons (Fsp3) is 0.429. The first-order valence-electron chi connectivity index (χ1n) is 14.7. The Morgan fingerprint density at radius 3 is 2.46 bits per heavy atom. The molecule has 5 rings (SSSR count). The third kappa shape index (κ3) is 6.50. The van der Waals surface area contributed by atoms with Gasteiger partial charge >= 0.3 is 0 Å². The van der Waals surface area contributed by atoms with Crippen LogP contribution in [-0.4, -0.2) is 30.3 Å². The lowest BCUT2D eigenvalue weighted by Crippen LogP contribution is -2.48. The lowest BCUT2D eigenvalue weighted by molar-refractivity contribution is -0.126. The van der Waals surface area contributed by atoms with E-state index in [1.54, 1.807) is 0 Å². The molecule has 3 aromatic rings. The summed E-state index contributed by atoms with van der Waals surface area (Å²) in [5.74, 6) is 1.34. The molecule has 2 aliphatic rings. The summed E-state index contributed by atoms with van der Waals surface area (Å²) in [4.78, 5) is 26.4. The number of hydrogen-bond acceptors (Lipinski definition) is 4. The fourth-order valence-corrected chi connectivity index (χ4v) is 6.54. The first kappa shape index (κ1) is 27.3. The van der Waals surface area contributed by atoms with E-state index < -0.39 is 0 Å². The van der Waals surface area contributed by atoms with E-state index in [-0.39, 0.29) is 36.2 Å². The van der Waals surface area contributed by atoms with Gasteiger partial charge in [-0.25, -0.2) is 0 Å². The standard InChI is InChI=1S/C35H41NO3/c1-3-29-31-15-8-7-13-26(31)17-18-27-22-28(19-20-32(27)29)39-23-35(38)30-14-9-10-16-34(37)33(36-24(30)2)21-25-11-5-4-6-12-25/h4-8,11-13,15,19-20,22,24,29-30,33,36H,3,9-10,14,16-18,21,23H2,1-2H3/t24?,29?,30?,33-/m0/s1. The SMILES string of the molecule is CCC1c2ccccc2CCc2cc(OCC(=O)C3CCCCC(=O)[C@H](Cc4ccccc4)NC3C)ccc21. The van der Waals surface area contributed by atoms with E-state index in [1.807, 2.05) is 31.2 Å². The summed E-state index contributed by atoms with van der Waals surface area (Å²) in [7, 11) is 0. The number of hydrogen-bond donors (Lipinski definition) is 1. The predicted molar refractivity (Wildman–Crippen MR) is 156 cm³/mol. The van der Waals surface area contributed by atoms with Crippen LogP contribution in [0.3, 0.4) is 0 Å². The summed E-state index contributed by atoms with van der Waals surface area (Å²) in [6, 6.07) is 24.9. The number of carbonyl (C=O) groups excluding carboxylic acids is 2. The Balaban J connectivity index is 1.25. The van der Waals surface area contributed by atoms with Crippen LogP contribution in [0.4, 0.5) is 0 Å². The summed E-state index contributed by atoms with van der Waals surface area (Å²) in [5.41, 5.74) is 6.71. The second-order valence-electron chi connectivity index (χ2n) is 11.3. The Morgan fingerprint density at radius 2 is 1.64 bits per heavy atom. The first-order valence-corrected chi connectivity index (χ1v) is 14.7. The van der Waals surface area contributed by atoms with E-state index in [9.17, 15) is 9.59 Å². The van der Waals surface area contributed by atoms with E-state index in [0.717, 1.165) is 49.8 Å². The molecule has 1 fully saturated rings. The van der Waals surface area contributed by atoms with Crippen LogP contribution >= 0.6 is 0 Å². The van der Waals surface area contributed by atoms with E-state index in [2.05, 4.69) is 60.8 Å². The van der Waals surface area contributed by atoms with Gasteiger partial charge in [-0.3, -0.25) is 9.59 Å². The molecular weight excluding hydrogens is 482 g/mol. The number of nitrogens with one attached hydrogen (secondary N) is 1. The van der Waals surface area contributed by atoms with Gasteiger partial charge in [0.25, 0.3) is 0 Å². The maximum Gasteiger partial charge on any atom is 0.174 e. The number of fused-ring (bicyclic) bond motifs is 2. The van der Waals surface area contributed by atoms with Crippen molar-refractivity contribution in [2.24, 2.45) is 5.92 Å². The Bertz CT molecular complexity index is 1280. The molecule has 0 saturated carbocycles. The zero-order valence-corrected chi connectivity index (χ0v) is 23.3. The van der Waals surface area contributed by atoms with Gasteiger partial charge in [0.2, 0.25) is 0 Å². The van der Waals surface area contributed by atoms with Gasteiger partial charge in [0.15, 0.2) is 5.78 Å². The summed E-state index contributed by atoms with van der Waals surface area (Å²) in [6.07, 6.45) is 6.76. The van der Waals surface area contributed by atoms with E-state index in [4.69, 9.17) is 4.74 Å². The minimum atomic E-state index is -0.267. The minimum absolute atomic E-state index is 0.0597. The molecule has 4 nitrogen and oxygen atoms in total. The van der Waals surface area contributed by atoms with Gasteiger partial charge in [-0.1, -0.05) is 74.0 Å². The minimum Gasteiger partial charge on any atom is -0.486 e. The number of aryl methyl sites for hydroxylation is 2. The van der Waals surface area contributed by atoms with E-state index in [0.29, 0.717) is 18.8 Å². The van der Waals surface area contributed by atoms with E-state index in [1.165, 1.54) is 22.3 Å². The molecule has 1 heterocycles. The van der Waals surface area contributed by atoms with Crippen LogP contribution in [0, 0.1) is 5.92 Å². The zero-order chi connectivity index (χ0) is 27.2. The first-order chi connectivity index (χ1) is 19.0. The lowest BCUT2D eigenvalue weighted by Gasteiger charge is -2.27. The maximum absolute atomic E-state index is 13.4. The molecule has 4 atom stereocenters. The van der Waals surface area contributed by atoms with Gasteiger partial charge in [0.05, 0.1) is 6.04 Å². The van der Waals surface area contributed by atoms with Crippen LogP contribution in [0.5, 0.6) is 5.75 Å². The van der Waals surface area contributed by atoms with Crippen LogP contribution < -0.4 is 10.1 Å². The third-order valence-corrected chi connectivity index (χ3v) is 8.71. The highest BCUT2D eigenvalue weighted by Crippen LogP contribution is 2.37. The fourth-order valence-electron chi connectivity index (χ4n) is 6.54. The number of ether oxygens (including phenoxy) is 1. The Kier molecular flexibility index (Phi) is 8.93. The number of rotatable bonds is 7. The molecule has 0 spiro atoms. The molecule has 4 heteroatoms. The van der Waals surface area contributed by atoms with Gasteiger partial charge in [0.1, 0.15) is 18.1 Å². The molecule has 0 amide bonds. The average Bonchev–Trinajstić information content (AvgIpc) is 3.07. The highest BCUT2D eigenvalue weighted by Gasteiger charge is 2.31. The van der Waals surface area contributed by atoms with Gasteiger partial charge in [-0.2, -0.15) is 0 Å². The quantitative estimate of drug-likeness (QED) is 0.378. The highest BCUT2D eigenvalue weighted by atomic mass is 16.5. The van der Waals surface area contributed by atoms with Crippen molar-refractivity contribution in [2.75, 3.05) is 6.61 Å². The second-order valence-corrected chi connectivity index (χ2v) is 11.3. The highest BCUT2D eigenvalue weighted by molar-refractivity contribution is 5.85. The molecule has 3 aromatic carbocycles. The van der Waals surface area contributed by atoms with Gasteiger partial charge in [0, 0.05) is 24.3 Å². The number of benzene rings is 3. The summed E-state index contributed by atoms with van der Waals surface area (Å²) >= 11 is 0. The van der Waals surface area contributed by atoms with Crippen molar-refractivity contribution in [1.29, 1.82) is 0 Å². The zero-order valence-electron chi connectivity index (χ0n) is 23.3. The van der Waals surface area contributed by atoms with Crippen LogP contribution in [-0.2, 0) is 28.9 Å². The molecule has 0 aromatic heterocycles. The summed E-state index contributed by atoms with van der Waals surface area (Å²) in [6.45, 7) is 4.36. The maximum atomic E-state index is 13.4. The third-order valence-electron chi connectivity index (χ3n) is 8.71. The van der Waals surface area contributed by atoms with Crippen molar-refractivity contribution in [3.63, 3.8) is 0 Å². The van der Waals surface area contributed by atoms with Crippen molar-refractivity contribution in [3.8, 4) is 5.75 Å². The van der Waals surface area contributed by atoms with Crippen LogP contribution in [0.1, 0.15) is 79.7 Å². The van der Waals surface area contributed by atoms with E-state index >= 15 is 0 Å². The van der Waals surface area contributed by atoms with Crippen molar-refractivity contribution < 1.29 is 14.3 Å². The molecule has 204 valence electrons.